The zero-order valence-electron chi connectivity index (χ0n) is 10.1. The minimum absolute atomic E-state index is 0.101. The van der Waals surface area contributed by atoms with E-state index in [-0.39, 0.29) is 5.78 Å². The average Bonchev–Trinajstić information content (AvgIpc) is 2.34. The van der Waals surface area contributed by atoms with Crippen molar-refractivity contribution >= 4 is 5.78 Å². The molecule has 3 nitrogen and oxygen atoms in total. The number of aromatic nitrogens is 2. The number of Topliss-reactive ketones (excluding diaryl/α,β-unsaturated/α-hetero) is 1. The molecular formula is C14H15N2O+. The molecule has 0 aliphatic carbocycles. The molecule has 2 rings (SSSR count). The highest BCUT2D eigenvalue weighted by Gasteiger charge is 2.12. The third-order valence-electron chi connectivity index (χ3n) is 2.68. The standard InChI is InChI=1S/C14H15N2O/c1-11-8-12(2)16(10-15-11)9-14(17)13-6-4-3-5-7-13/h3-8,10H,9H2,1-2H3/q+1. The van der Waals surface area contributed by atoms with E-state index in [1.807, 2.05) is 54.8 Å². The van der Waals surface area contributed by atoms with Gasteiger partial charge in [-0.25, -0.2) is 4.57 Å². The molecule has 1 heterocycles. The van der Waals surface area contributed by atoms with Gasteiger partial charge in [0.25, 0.3) is 6.33 Å². The number of hydrogen-bond donors (Lipinski definition) is 0. The molecule has 0 amide bonds. The number of carbonyl (C=O) groups excluding carboxylic acids is 1. The smallest absolute Gasteiger partial charge is 0.286 e. The molecule has 0 saturated heterocycles. The molecule has 1 aromatic heterocycles. The zero-order chi connectivity index (χ0) is 12.3. The molecule has 0 aliphatic rings. The topological polar surface area (TPSA) is 33.8 Å². The van der Waals surface area contributed by atoms with Gasteiger partial charge in [0.15, 0.2) is 12.2 Å². The van der Waals surface area contributed by atoms with Gasteiger partial charge in [0, 0.05) is 18.6 Å². The Morgan fingerprint density at radius 3 is 2.59 bits per heavy atom. The second-order valence-electron chi connectivity index (χ2n) is 4.09. The molecule has 1 aromatic carbocycles. The monoisotopic (exact) mass is 227 g/mol. The largest absolute Gasteiger partial charge is 0.290 e. The molecule has 0 radical (unpaired) electrons. The summed E-state index contributed by atoms with van der Waals surface area (Å²) in [5.74, 6) is 0.101. The minimum Gasteiger partial charge on any atom is -0.290 e. The van der Waals surface area contributed by atoms with Crippen LogP contribution in [0, 0.1) is 13.8 Å². The van der Waals surface area contributed by atoms with Crippen LogP contribution in [-0.2, 0) is 6.54 Å². The Balaban J connectivity index is 2.19. The van der Waals surface area contributed by atoms with Crippen LogP contribution in [0.3, 0.4) is 0 Å². The van der Waals surface area contributed by atoms with Crippen molar-refractivity contribution in [1.29, 1.82) is 0 Å². The summed E-state index contributed by atoms with van der Waals surface area (Å²) in [4.78, 5) is 16.2. The molecule has 0 unspecified atom stereocenters. The van der Waals surface area contributed by atoms with Crippen LogP contribution < -0.4 is 4.57 Å². The Kier molecular flexibility index (Phi) is 3.28. The molecule has 0 spiro atoms. The molecule has 0 fully saturated rings. The lowest BCUT2D eigenvalue weighted by Crippen LogP contribution is -2.41. The molecular weight excluding hydrogens is 212 g/mol. The van der Waals surface area contributed by atoms with Gasteiger partial charge in [-0.15, -0.1) is 0 Å². The number of aryl methyl sites for hydroxylation is 2. The fourth-order valence-electron chi connectivity index (χ4n) is 1.71. The van der Waals surface area contributed by atoms with Crippen LogP contribution in [0.2, 0.25) is 0 Å². The van der Waals surface area contributed by atoms with Crippen molar-refractivity contribution in [2.24, 2.45) is 0 Å². The summed E-state index contributed by atoms with van der Waals surface area (Å²) in [6.45, 7) is 4.26. The molecule has 86 valence electrons. The van der Waals surface area contributed by atoms with Gasteiger partial charge < -0.3 is 0 Å². The third kappa shape index (κ3) is 2.75. The molecule has 0 N–H and O–H groups in total. The summed E-state index contributed by atoms with van der Waals surface area (Å²) < 4.78 is 1.86. The van der Waals surface area contributed by atoms with E-state index in [0.29, 0.717) is 6.54 Å². The van der Waals surface area contributed by atoms with Crippen molar-refractivity contribution in [3.05, 3.63) is 59.7 Å². The third-order valence-corrected chi connectivity index (χ3v) is 2.68. The highest BCUT2D eigenvalue weighted by atomic mass is 16.1. The van der Waals surface area contributed by atoms with E-state index in [1.165, 1.54) is 0 Å². The van der Waals surface area contributed by atoms with Gasteiger partial charge in [0.2, 0.25) is 5.78 Å². The van der Waals surface area contributed by atoms with E-state index in [2.05, 4.69) is 4.98 Å². The predicted octanol–water partition coefficient (Wildman–Crippen LogP) is 1.87. The zero-order valence-corrected chi connectivity index (χ0v) is 10.1. The van der Waals surface area contributed by atoms with Gasteiger partial charge in [-0.2, -0.15) is 0 Å². The van der Waals surface area contributed by atoms with E-state index >= 15 is 0 Å². The lowest BCUT2D eigenvalue weighted by molar-refractivity contribution is -0.692. The Morgan fingerprint density at radius 1 is 1.24 bits per heavy atom. The van der Waals surface area contributed by atoms with Crippen LogP contribution in [0.4, 0.5) is 0 Å². The van der Waals surface area contributed by atoms with E-state index in [9.17, 15) is 4.79 Å². The Morgan fingerprint density at radius 2 is 1.94 bits per heavy atom. The average molecular weight is 227 g/mol. The lowest BCUT2D eigenvalue weighted by Gasteiger charge is -2.02. The van der Waals surface area contributed by atoms with E-state index in [0.717, 1.165) is 17.0 Å². The number of carbonyl (C=O) groups is 1. The number of nitrogens with zero attached hydrogens (tertiary/aromatic N) is 2. The van der Waals surface area contributed by atoms with Crippen molar-refractivity contribution in [2.75, 3.05) is 0 Å². The first-order valence-corrected chi connectivity index (χ1v) is 5.58. The molecule has 2 aromatic rings. The first-order valence-electron chi connectivity index (χ1n) is 5.58. The number of rotatable bonds is 3. The maximum atomic E-state index is 12.0. The fraction of sp³-hybridized carbons (Fsp3) is 0.214. The summed E-state index contributed by atoms with van der Waals surface area (Å²) in [5.41, 5.74) is 2.74. The summed E-state index contributed by atoms with van der Waals surface area (Å²) in [5, 5.41) is 0. The summed E-state index contributed by atoms with van der Waals surface area (Å²) in [6, 6.07) is 11.3. The maximum Gasteiger partial charge on any atom is 0.286 e. The first-order chi connectivity index (χ1) is 8.16. The van der Waals surface area contributed by atoms with Crippen molar-refractivity contribution in [2.45, 2.75) is 20.4 Å². The number of hydrogen-bond acceptors (Lipinski definition) is 2. The van der Waals surface area contributed by atoms with Crippen molar-refractivity contribution < 1.29 is 9.36 Å². The van der Waals surface area contributed by atoms with E-state index in [1.54, 1.807) is 6.33 Å². The normalized spacial score (nSPS) is 10.2. The number of benzene rings is 1. The van der Waals surface area contributed by atoms with Crippen LogP contribution in [-0.4, -0.2) is 10.8 Å². The molecule has 0 saturated carbocycles. The van der Waals surface area contributed by atoms with Crippen LogP contribution in [0.15, 0.2) is 42.7 Å². The maximum absolute atomic E-state index is 12.0. The molecule has 0 atom stereocenters. The second-order valence-corrected chi connectivity index (χ2v) is 4.09. The quantitative estimate of drug-likeness (QED) is 0.592. The van der Waals surface area contributed by atoms with Crippen LogP contribution in [0.25, 0.3) is 0 Å². The predicted molar refractivity (Wildman–Crippen MR) is 64.7 cm³/mol. The summed E-state index contributed by atoms with van der Waals surface area (Å²) in [6.07, 6.45) is 1.71. The highest BCUT2D eigenvalue weighted by molar-refractivity contribution is 5.94. The van der Waals surface area contributed by atoms with Gasteiger partial charge in [0.05, 0.1) is 0 Å². The van der Waals surface area contributed by atoms with Gasteiger partial charge in [-0.05, 0) is 6.92 Å². The van der Waals surface area contributed by atoms with Crippen LogP contribution in [0.5, 0.6) is 0 Å². The fourth-order valence-corrected chi connectivity index (χ4v) is 1.71. The first kappa shape index (κ1) is 11.5. The molecule has 0 aliphatic heterocycles. The Bertz CT molecular complexity index is 535. The van der Waals surface area contributed by atoms with Crippen LogP contribution >= 0.6 is 0 Å². The summed E-state index contributed by atoms with van der Waals surface area (Å²) >= 11 is 0. The second kappa shape index (κ2) is 4.87. The number of ketones is 1. The highest BCUT2D eigenvalue weighted by Crippen LogP contribution is 2.00. The SMILES string of the molecule is Cc1cc(C)[n+](CC(=O)c2ccccc2)cn1. The van der Waals surface area contributed by atoms with Gasteiger partial charge >= 0.3 is 0 Å². The lowest BCUT2D eigenvalue weighted by atomic mass is 10.1. The Labute approximate surface area is 101 Å². The van der Waals surface area contributed by atoms with Crippen LogP contribution in [0.1, 0.15) is 21.7 Å². The Hall–Kier alpha value is -2.03. The van der Waals surface area contributed by atoms with E-state index < -0.39 is 0 Å². The van der Waals surface area contributed by atoms with E-state index in [4.69, 9.17) is 0 Å². The molecule has 17 heavy (non-hydrogen) atoms. The molecule has 3 heteroatoms. The summed E-state index contributed by atoms with van der Waals surface area (Å²) in [7, 11) is 0. The minimum atomic E-state index is 0.101. The van der Waals surface area contributed by atoms with Gasteiger partial charge in [-0.1, -0.05) is 35.3 Å². The van der Waals surface area contributed by atoms with Crippen molar-refractivity contribution in [3.63, 3.8) is 0 Å². The molecule has 0 bridgehead atoms. The van der Waals surface area contributed by atoms with Crippen molar-refractivity contribution in [3.8, 4) is 0 Å². The van der Waals surface area contributed by atoms with Crippen molar-refractivity contribution in [1.82, 2.24) is 4.98 Å². The van der Waals surface area contributed by atoms with Gasteiger partial charge in [0.1, 0.15) is 5.69 Å². The van der Waals surface area contributed by atoms with Gasteiger partial charge in [-0.3, -0.25) is 4.79 Å².